The molecule has 0 saturated carbocycles. The number of carbonyl (C=O) groups is 1. The number of hydrogen-bond donors (Lipinski definition) is 0. The van der Waals surface area contributed by atoms with Crippen molar-refractivity contribution < 1.29 is 4.79 Å². The summed E-state index contributed by atoms with van der Waals surface area (Å²) < 4.78 is 0. The molecule has 2 heteroatoms. The lowest BCUT2D eigenvalue weighted by Gasteiger charge is -2.06. The highest BCUT2D eigenvalue weighted by Gasteiger charge is 2.06. The lowest BCUT2D eigenvalue weighted by Crippen LogP contribution is -2.22. The highest BCUT2D eigenvalue weighted by atomic mass is 28.2. The van der Waals surface area contributed by atoms with Crippen LogP contribution in [0.3, 0.4) is 0 Å². The van der Waals surface area contributed by atoms with Gasteiger partial charge in [0.15, 0.2) is 0 Å². The zero-order chi connectivity index (χ0) is 11.5. The van der Waals surface area contributed by atoms with Crippen molar-refractivity contribution in [2.24, 2.45) is 0 Å². The van der Waals surface area contributed by atoms with Gasteiger partial charge in [0.2, 0.25) is 0 Å². The van der Waals surface area contributed by atoms with Gasteiger partial charge in [-0.15, -0.1) is 6.42 Å². The molecule has 0 atom stereocenters. The van der Waals surface area contributed by atoms with E-state index in [0.717, 1.165) is 16.3 Å². The molecule has 16 heavy (non-hydrogen) atoms. The number of benzene rings is 2. The molecule has 0 radical (unpaired) electrons. The van der Waals surface area contributed by atoms with Crippen LogP contribution in [0.4, 0.5) is 0 Å². The normalized spacial score (nSPS) is 10.8. The molecule has 0 saturated heterocycles. The Labute approximate surface area is 97.3 Å². The van der Waals surface area contributed by atoms with E-state index in [1.807, 2.05) is 36.4 Å². The molecular formula is C14H12OSi. The molecule has 78 valence electrons. The van der Waals surface area contributed by atoms with Crippen molar-refractivity contribution >= 4 is 30.9 Å². The van der Waals surface area contributed by atoms with E-state index in [9.17, 15) is 4.79 Å². The van der Waals surface area contributed by atoms with Crippen molar-refractivity contribution in [3.63, 3.8) is 0 Å². The van der Waals surface area contributed by atoms with E-state index in [1.165, 1.54) is 5.19 Å². The van der Waals surface area contributed by atoms with Crippen molar-refractivity contribution in [3.8, 4) is 12.3 Å². The third-order valence-electron chi connectivity index (χ3n) is 2.61. The van der Waals surface area contributed by atoms with Gasteiger partial charge in [0.25, 0.3) is 0 Å². The summed E-state index contributed by atoms with van der Waals surface area (Å²) in [7, 11) is -0.830. The minimum absolute atomic E-state index is 0.304. The minimum atomic E-state index is -0.830. The number of fused-ring (bicyclic) bond motifs is 1. The van der Waals surface area contributed by atoms with E-state index < -0.39 is 9.52 Å². The topological polar surface area (TPSA) is 17.1 Å². The number of hydrogen-bond acceptors (Lipinski definition) is 1. The minimum Gasteiger partial charge on any atom is -0.306 e. The van der Waals surface area contributed by atoms with Gasteiger partial charge in [-0.2, -0.15) is 0 Å². The average molecular weight is 224 g/mol. The lowest BCUT2D eigenvalue weighted by atomic mass is 10.1. The summed E-state index contributed by atoms with van der Waals surface area (Å²) in [6.45, 7) is 1.66. The fourth-order valence-electron chi connectivity index (χ4n) is 1.91. The maximum atomic E-state index is 11.2. The Morgan fingerprint density at radius 1 is 1.19 bits per heavy atom. The zero-order valence-corrected chi connectivity index (χ0v) is 10.6. The second-order valence-corrected chi connectivity index (χ2v) is 5.95. The molecule has 0 aliphatic rings. The number of carbonyl (C=O) groups excluding carboxylic acids is 1. The van der Waals surface area contributed by atoms with E-state index >= 15 is 0 Å². The maximum absolute atomic E-state index is 11.2. The molecule has 2 aromatic carbocycles. The molecule has 0 fully saturated rings. The first-order valence-electron chi connectivity index (χ1n) is 5.19. The number of terminal acetylenes is 1. The summed E-state index contributed by atoms with van der Waals surface area (Å²) in [6, 6.07) is 12.0. The van der Waals surface area contributed by atoms with Gasteiger partial charge in [0, 0.05) is 5.56 Å². The van der Waals surface area contributed by atoms with Crippen LogP contribution in [0.15, 0.2) is 36.4 Å². The molecule has 0 heterocycles. The Hall–Kier alpha value is -1.85. The third kappa shape index (κ3) is 1.91. The van der Waals surface area contributed by atoms with Crippen LogP contribution in [0.5, 0.6) is 0 Å². The van der Waals surface area contributed by atoms with Crippen molar-refractivity contribution in [2.45, 2.75) is 6.92 Å². The van der Waals surface area contributed by atoms with Gasteiger partial charge in [0.05, 0.1) is 0 Å². The van der Waals surface area contributed by atoms with Crippen LogP contribution in [0.1, 0.15) is 12.5 Å². The average Bonchev–Trinajstić information content (AvgIpc) is 2.29. The Bertz CT molecular complexity index is 593. The molecule has 2 rings (SSSR count). The predicted molar refractivity (Wildman–Crippen MR) is 70.7 cm³/mol. The van der Waals surface area contributed by atoms with Gasteiger partial charge in [-0.3, -0.25) is 0 Å². The van der Waals surface area contributed by atoms with Crippen molar-refractivity contribution in [1.82, 2.24) is 0 Å². The lowest BCUT2D eigenvalue weighted by molar-refractivity contribution is -0.110. The smallest absolute Gasteiger partial charge is 0.133 e. The van der Waals surface area contributed by atoms with Crippen molar-refractivity contribution in [1.29, 1.82) is 0 Å². The van der Waals surface area contributed by atoms with Crippen LogP contribution in [-0.4, -0.2) is 14.9 Å². The summed E-state index contributed by atoms with van der Waals surface area (Å²) in [5, 5.41) is 3.71. The standard InChI is InChI=1S/C14H12OSi/c1-3-11-8-9-14(16-10(2)15)13-7-5-4-6-12(11)13/h1,4-9H,16H2,2H3. The molecule has 0 aromatic heterocycles. The maximum Gasteiger partial charge on any atom is 0.133 e. The van der Waals surface area contributed by atoms with E-state index in [1.54, 1.807) is 6.92 Å². The van der Waals surface area contributed by atoms with Crippen molar-refractivity contribution in [2.75, 3.05) is 0 Å². The Balaban J connectivity index is 2.70. The molecule has 0 bridgehead atoms. The van der Waals surface area contributed by atoms with Crippen LogP contribution < -0.4 is 5.19 Å². The molecule has 1 nitrogen and oxygen atoms in total. The molecule has 2 aromatic rings. The largest absolute Gasteiger partial charge is 0.306 e. The predicted octanol–water partition coefficient (Wildman–Crippen LogP) is 1.16. The van der Waals surface area contributed by atoms with Gasteiger partial charge >= 0.3 is 0 Å². The van der Waals surface area contributed by atoms with E-state index in [0.29, 0.717) is 5.41 Å². The third-order valence-corrected chi connectivity index (χ3v) is 4.10. The molecule has 0 amide bonds. The Kier molecular flexibility index (Phi) is 2.89. The van der Waals surface area contributed by atoms with Gasteiger partial charge in [-0.1, -0.05) is 41.4 Å². The summed E-state index contributed by atoms with van der Waals surface area (Å²) in [4.78, 5) is 11.2. The summed E-state index contributed by atoms with van der Waals surface area (Å²) in [5.74, 6) is 2.68. The SMILES string of the molecule is C#Cc1ccc([SiH2]C(C)=O)c2ccccc12. The fourth-order valence-corrected chi connectivity index (χ4v) is 3.18. The van der Waals surface area contributed by atoms with Crippen LogP contribution in [0.25, 0.3) is 10.8 Å². The van der Waals surface area contributed by atoms with Crippen LogP contribution in [-0.2, 0) is 4.79 Å². The number of rotatable bonds is 2. The quantitative estimate of drug-likeness (QED) is 0.553. The van der Waals surface area contributed by atoms with E-state index in [2.05, 4.69) is 5.92 Å². The van der Waals surface area contributed by atoms with Crippen LogP contribution in [0, 0.1) is 12.3 Å². The molecule has 0 N–H and O–H groups in total. The first-order valence-corrected chi connectivity index (χ1v) is 6.60. The van der Waals surface area contributed by atoms with Gasteiger partial charge in [0.1, 0.15) is 14.9 Å². The Morgan fingerprint density at radius 2 is 1.88 bits per heavy atom. The van der Waals surface area contributed by atoms with E-state index in [-0.39, 0.29) is 0 Å². The highest BCUT2D eigenvalue weighted by Crippen LogP contribution is 2.15. The van der Waals surface area contributed by atoms with Gasteiger partial charge < -0.3 is 4.79 Å². The second-order valence-electron chi connectivity index (χ2n) is 3.84. The monoisotopic (exact) mass is 224 g/mol. The molecule has 0 aliphatic heterocycles. The van der Waals surface area contributed by atoms with Gasteiger partial charge in [-0.25, -0.2) is 0 Å². The van der Waals surface area contributed by atoms with Gasteiger partial charge in [-0.05, 0) is 23.8 Å². The summed E-state index contributed by atoms with van der Waals surface area (Å²) in [5.41, 5.74) is 0.900. The van der Waals surface area contributed by atoms with Crippen LogP contribution in [0.2, 0.25) is 0 Å². The highest BCUT2D eigenvalue weighted by molar-refractivity contribution is 6.85. The molecular weight excluding hydrogens is 212 g/mol. The zero-order valence-electron chi connectivity index (χ0n) is 9.16. The first kappa shape index (κ1) is 10.7. The molecule has 0 aliphatic carbocycles. The van der Waals surface area contributed by atoms with Crippen molar-refractivity contribution in [3.05, 3.63) is 42.0 Å². The molecule has 0 unspecified atom stereocenters. The fraction of sp³-hybridized carbons (Fsp3) is 0.0714. The first-order chi connectivity index (χ1) is 7.72. The second kappa shape index (κ2) is 4.34. The Morgan fingerprint density at radius 3 is 2.50 bits per heavy atom. The van der Waals surface area contributed by atoms with E-state index in [4.69, 9.17) is 6.42 Å². The molecule has 0 spiro atoms. The summed E-state index contributed by atoms with van der Waals surface area (Å²) in [6.07, 6.45) is 5.46. The summed E-state index contributed by atoms with van der Waals surface area (Å²) >= 11 is 0. The van der Waals surface area contributed by atoms with Crippen LogP contribution >= 0.6 is 0 Å².